The Morgan fingerprint density at radius 1 is 0.889 bits per heavy atom. The van der Waals surface area contributed by atoms with E-state index in [-0.39, 0.29) is 53.1 Å². The van der Waals surface area contributed by atoms with E-state index in [1.807, 2.05) is 23.4 Å². The van der Waals surface area contributed by atoms with E-state index in [9.17, 15) is 13.6 Å². The van der Waals surface area contributed by atoms with E-state index < -0.39 is 11.8 Å². The topological polar surface area (TPSA) is 88.6 Å². The number of aryl methyl sites for hydroxylation is 2. The first kappa shape index (κ1) is 44.0. The van der Waals surface area contributed by atoms with E-state index in [0.29, 0.717) is 16.7 Å². The molecule has 1 amide bonds. The number of aromatic nitrogens is 1. The van der Waals surface area contributed by atoms with E-state index in [2.05, 4.69) is 91.1 Å². The number of hydrogen-bond acceptors (Lipinski definition) is 7. The first-order valence-corrected chi connectivity index (χ1v) is 19.9. The van der Waals surface area contributed by atoms with Gasteiger partial charge in [-0.2, -0.15) is 0 Å². The van der Waals surface area contributed by atoms with Crippen LogP contribution >= 0.6 is 67.0 Å². The van der Waals surface area contributed by atoms with E-state index >= 15 is 0 Å². The van der Waals surface area contributed by atoms with Gasteiger partial charge >= 0.3 is 29.6 Å². The summed E-state index contributed by atoms with van der Waals surface area (Å²) >= 11 is 18.8. The third kappa shape index (κ3) is 11.4. The number of carbonyl (C=O) groups is 2. The predicted molar refractivity (Wildman–Crippen MR) is 216 cm³/mol. The van der Waals surface area contributed by atoms with Crippen molar-refractivity contribution in [1.29, 1.82) is 0 Å². The molecule has 2 atom stereocenters. The Morgan fingerprint density at radius 2 is 1.39 bits per heavy atom. The van der Waals surface area contributed by atoms with Crippen molar-refractivity contribution in [2.45, 2.75) is 37.8 Å². The van der Waals surface area contributed by atoms with Crippen molar-refractivity contribution in [3.63, 3.8) is 0 Å². The van der Waals surface area contributed by atoms with Gasteiger partial charge in [0.1, 0.15) is 11.6 Å². The monoisotopic (exact) mass is 924 g/mol. The Bertz CT molecular complexity index is 2090. The number of thiazole rings is 1. The third-order valence-electron chi connectivity index (χ3n) is 8.93. The van der Waals surface area contributed by atoms with Gasteiger partial charge in [-0.1, -0.05) is 44.0 Å². The van der Waals surface area contributed by atoms with Crippen LogP contribution in [0.25, 0.3) is 11.3 Å². The number of nitrogens with zero attached hydrogens (tertiary/aromatic N) is 3. The van der Waals surface area contributed by atoms with E-state index in [1.165, 1.54) is 58.7 Å². The molecule has 2 unspecified atom stereocenters. The van der Waals surface area contributed by atoms with Crippen LogP contribution in [-0.4, -0.2) is 46.8 Å². The van der Waals surface area contributed by atoms with Gasteiger partial charge in [0.25, 0.3) is 5.91 Å². The van der Waals surface area contributed by atoms with Crippen LogP contribution in [0.3, 0.4) is 0 Å². The molecule has 0 saturated heterocycles. The van der Waals surface area contributed by atoms with Crippen molar-refractivity contribution in [2.24, 2.45) is 0 Å². The van der Waals surface area contributed by atoms with Gasteiger partial charge in [0.15, 0.2) is 10.2 Å². The van der Waals surface area contributed by atoms with Crippen LogP contribution in [0.2, 0.25) is 0 Å². The quantitative estimate of drug-likeness (QED) is 0.126. The number of amides is 1. The molecule has 276 valence electrons. The molecule has 1 heterocycles. The fraction of sp³-hybridized carbons (Fsp3) is 0.231. The molecule has 0 aliphatic heterocycles. The molecule has 1 aromatic heterocycles. The average molecular weight is 927 g/mol. The number of carboxylic acids is 1. The number of thiocarbonyl (C=S) groups is 1. The summed E-state index contributed by atoms with van der Waals surface area (Å²) in [6, 6.07) is 25.2. The van der Waals surface area contributed by atoms with Crippen molar-refractivity contribution < 1.29 is 53.0 Å². The molecule has 5 aromatic rings. The SMILES string of the molecule is CN(C(=S)NC(=O)c1ccc(F)cc1)C1CCc2ccc(Br)cc21.CN(c1nc(-c2ccc(F)cc2)cs1)C1CCc2ccc(Br)cc21.O=C([O-])CCl.[Na+]. The standard InChI is InChI=1S/C19H16BrFN2S.C18H16BrFN2OS.C2H3ClO2.Na/c1-23(18-9-5-12-2-6-14(20)10-16(12)18)19-22-17(11-24-19)13-3-7-15(21)8-4-13;1-22(16-9-5-11-2-6-13(19)10-15(11)16)18(24)21-17(23)12-3-7-14(20)8-4-12;3-1-2(4)5;/h2-4,6-8,10-11,18H,5,9H2,1H3;2-4,6-8,10,16H,5,9H2,1H3,(H,21,23,24);1H2,(H,4,5);/q;;;+1/p-1. The van der Waals surface area contributed by atoms with Crippen molar-refractivity contribution in [3.8, 4) is 11.3 Å². The smallest absolute Gasteiger partial charge is 0.549 e. The zero-order valence-electron chi connectivity index (χ0n) is 29.6. The number of aliphatic carboxylic acids is 1. The molecule has 0 radical (unpaired) electrons. The Balaban J connectivity index is 0.000000211. The van der Waals surface area contributed by atoms with Crippen molar-refractivity contribution in [3.05, 3.63) is 139 Å². The summed E-state index contributed by atoms with van der Waals surface area (Å²) in [5.41, 5.74) is 7.56. The summed E-state index contributed by atoms with van der Waals surface area (Å²) in [6.07, 6.45) is 4.16. The van der Waals surface area contributed by atoms with Crippen molar-refractivity contribution in [1.82, 2.24) is 15.2 Å². The largest absolute Gasteiger partial charge is 1.00 e. The van der Waals surface area contributed by atoms with E-state index in [0.717, 1.165) is 51.0 Å². The van der Waals surface area contributed by atoms with Crippen LogP contribution in [0.4, 0.5) is 13.9 Å². The summed E-state index contributed by atoms with van der Waals surface area (Å²) in [7, 11) is 3.99. The van der Waals surface area contributed by atoms with Crippen LogP contribution < -0.4 is 44.9 Å². The van der Waals surface area contributed by atoms with Crippen molar-refractivity contribution >= 4 is 89.1 Å². The van der Waals surface area contributed by atoms with Gasteiger partial charge in [-0.25, -0.2) is 13.8 Å². The predicted octanol–water partition coefficient (Wildman–Crippen LogP) is 6.04. The number of benzene rings is 4. The summed E-state index contributed by atoms with van der Waals surface area (Å²) in [5.74, 6) is -2.58. The molecule has 15 heteroatoms. The van der Waals surface area contributed by atoms with Gasteiger partial charge in [0.2, 0.25) is 0 Å². The zero-order chi connectivity index (χ0) is 38.2. The Labute approximate surface area is 366 Å². The van der Waals surface area contributed by atoms with Gasteiger partial charge < -0.3 is 19.7 Å². The molecule has 2 aliphatic rings. The first-order chi connectivity index (χ1) is 25.3. The maximum atomic E-state index is 13.1. The van der Waals surface area contributed by atoms with Crippen LogP contribution in [0.1, 0.15) is 57.5 Å². The number of anilines is 1. The molecule has 54 heavy (non-hydrogen) atoms. The maximum absolute atomic E-state index is 13.1. The van der Waals surface area contributed by atoms with E-state index in [4.69, 9.17) is 27.1 Å². The summed E-state index contributed by atoms with van der Waals surface area (Å²) < 4.78 is 28.2. The molecule has 0 bridgehead atoms. The second-order valence-electron chi connectivity index (χ2n) is 12.3. The van der Waals surface area contributed by atoms with Crippen molar-refractivity contribution in [2.75, 3.05) is 24.9 Å². The Morgan fingerprint density at radius 3 is 1.93 bits per heavy atom. The molecule has 0 saturated carbocycles. The minimum Gasteiger partial charge on any atom is -0.549 e. The van der Waals surface area contributed by atoms with Gasteiger partial charge in [0, 0.05) is 39.5 Å². The first-order valence-electron chi connectivity index (χ1n) is 16.4. The number of rotatable bonds is 6. The third-order valence-corrected chi connectivity index (χ3v) is 11.5. The van der Waals surface area contributed by atoms with Gasteiger partial charge in [-0.05, 0) is 133 Å². The number of carbonyl (C=O) groups excluding carboxylic acids is 2. The number of fused-ring (bicyclic) bond motifs is 2. The number of alkyl halides is 1. The minimum absolute atomic E-state index is 0. The van der Waals surface area contributed by atoms with Crippen LogP contribution in [0.15, 0.2) is 99.3 Å². The number of halogens is 5. The molecular formula is C39H34Br2ClF2N4NaO3S2. The minimum atomic E-state index is -1.23. The molecule has 0 spiro atoms. The zero-order valence-corrected chi connectivity index (χ0v) is 37.2. The summed E-state index contributed by atoms with van der Waals surface area (Å²) in [4.78, 5) is 30.3. The molecule has 4 aromatic carbocycles. The van der Waals surface area contributed by atoms with Gasteiger partial charge in [-0.3, -0.25) is 10.1 Å². The normalized spacial score (nSPS) is 14.9. The fourth-order valence-corrected chi connectivity index (χ4v) is 8.05. The van der Waals surface area contributed by atoms with Crippen LogP contribution in [0.5, 0.6) is 0 Å². The maximum Gasteiger partial charge on any atom is 1.00 e. The summed E-state index contributed by atoms with van der Waals surface area (Å²) in [6.45, 7) is 0. The fourth-order valence-electron chi connectivity index (χ4n) is 6.22. The average Bonchev–Trinajstić information content (AvgIpc) is 3.91. The molecule has 7 rings (SSSR count). The van der Waals surface area contributed by atoms with Gasteiger partial charge in [0.05, 0.1) is 29.6 Å². The number of hydrogen-bond donors (Lipinski definition) is 1. The van der Waals surface area contributed by atoms with Crippen LogP contribution in [0, 0.1) is 11.6 Å². The second kappa shape index (κ2) is 20.4. The Kier molecular flexibility index (Phi) is 16.6. The molecular weight excluding hydrogens is 893 g/mol. The molecule has 1 N–H and O–H groups in total. The molecule has 2 aliphatic carbocycles. The Hall–Kier alpha value is -2.75. The molecule has 0 fully saturated rings. The number of carboxylic acid groups (broad SMARTS) is 1. The van der Waals surface area contributed by atoms with Gasteiger partial charge in [-0.15, -0.1) is 22.9 Å². The number of nitrogens with one attached hydrogen (secondary N) is 1. The van der Waals surface area contributed by atoms with Crippen LogP contribution in [-0.2, 0) is 17.6 Å². The van der Waals surface area contributed by atoms with E-state index in [1.54, 1.807) is 23.5 Å². The second-order valence-corrected chi connectivity index (χ2v) is 15.6. The molecule has 7 nitrogen and oxygen atoms in total. The summed E-state index contributed by atoms with van der Waals surface area (Å²) in [5, 5.41) is 15.2.